The quantitative estimate of drug-likeness (QED) is 0.181. The molecular weight excluding hydrogens is 548 g/mol. The van der Waals surface area contributed by atoms with Crippen LogP contribution in [0.1, 0.15) is 65.9 Å². The first kappa shape index (κ1) is 32.4. The Morgan fingerprint density at radius 1 is 1.00 bits per heavy atom. The monoisotopic (exact) mass is 590 g/mol. The summed E-state index contributed by atoms with van der Waals surface area (Å²) in [5.41, 5.74) is 6.47. The molecule has 3 aromatic carbocycles. The van der Waals surface area contributed by atoms with Crippen molar-refractivity contribution in [3.05, 3.63) is 137 Å². The van der Waals surface area contributed by atoms with Crippen LogP contribution in [-0.4, -0.2) is 37.5 Å². The summed E-state index contributed by atoms with van der Waals surface area (Å²) in [6.45, 7) is 7.47. The summed E-state index contributed by atoms with van der Waals surface area (Å²) >= 11 is 0. The van der Waals surface area contributed by atoms with Gasteiger partial charge in [0.15, 0.2) is 0 Å². The Labute approximate surface area is 260 Å². The molecule has 4 aromatic rings. The lowest BCUT2D eigenvalue weighted by molar-refractivity contribution is -0.121. The predicted octanol–water partition coefficient (Wildman–Crippen LogP) is 7.11. The Bertz CT molecular complexity index is 1600. The molecule has 6 heteroatoms. The number of aliphatic hydroxyl groups is 1. The van der Waals surface area contributed by atoms with Crippen molar-refractivity contribution in [2.24, 2.45) is 0 Å². The maximum atomic E-state index is 13.7. The van der Waals surface area contributed by atoms with E-state index in [0.717, 1.165) is 45.4 Å². The molecule has 0 fully saturated rings. The molecule has 1 aliphatic rings. The zero-order valence-electron chi connectivity index (χ0n) is 26.0. The zero-order chi connectivity index (χ0) is 31.5. The van der Waals surface area contributed by atoms with Gasteiger partial charge in [-0.2, -0.15) is 0 Å². The average Bonchev–Trinajstić information content (AvgIpc) is 3.32. The van der Waals surface area contributed by atoms with Crippen LogP contribution in [0.5, 0.6) is 0 Å². The molecule has 5 rings (SSSR count). The molecular formula is C38H42N2O4. The van der Waals surface area contributed by atoms with Crippen molar-refractivity contribution < 1.29 is 19.1 Å². The van der Waals surface area contributed by atoms with Crippen LogP contribution in [0.4, 0.5) is 0 Å². The van der Waals surface area contributed by atoms with E-state index in [1.807, 2.05) is 60.7 Å². The number of aliphatic hydroxyl groups excluding tert-OH is 1. The summed E-state index contributed by atoms with van der Waals surface area (Å²) in [5, 5.41) is 15.0. The third-order valence-electron chi connectivity index (χ3n) is 7.52. The summed E-state index contributed by atoms with van der Waals surface area (Å²) in [6.07, 6.45) is 10.00. The fraction of sp³-hybridized carbons (Fsp3) is 0.263. The van der Waals surface area contributed by atoms with Crippen LogP contribution in [0.15, 0.2) is 113 Å². The topological polar surface area (TPSA) is 91.6 Å². The Morgan fingerprint density at radius 2 is 1.73 bits per heavy atom. The number of hydrogen-bond donors (Lipinski definition) is 3. The minimum absolute atomic E-state index is 0.0286. The van der Waals surface area contributed by atoms with Crippen LogP contribution in [-0.2, 0) is 16.6 Å². The van der Waals surface area contributed by atoms with Crippen LogP contribution in [0.2, 0.25) is 0 Å². The van der Waals surface area contributed by atoms with Crippen molar-refractivity contribution in [1.29, 1.82) is 0 Å². The Hall–Kier alpha value is -4.52. The van der Waals surface area contributed by atoms with Gasteiger partial charge in [0.25, 0.3) is 0 Å². The van der Waals surface area contributed by atoms with Gasteiger partial charge in [0, 0.05) is 23.2 Å². The summed E-state index contributed by atoms with van der Waals surface area (Å²) in [4.78, 5) is 24.8. The highest BCUT2D eigenvalue weighted by Crippen LogP contribution is 2.29. The lowest BCUT2D eigenvalue weighted by atomic mass is 9.84. The van der Waals surface area contributed by atoms with Crippen LogP contribution in [0.25, 0.3) is 16.5 Å². The minimum Gasteiger partial charge on any atom is -0.456 e. The van der Waals surface area contributed by atoms with Crippen LogP contribution < -0.4 is 10.6 Å². The highest BCUT2D eigenvalue weighted by molar-refractivity contribution is 5.86. The highest BCUT2D eigenvalue weighted by atomic mass is 16.3. The summed E-state index contributed by atoms with van der Waals surface area (Å²) < 4.78 is 6.05. The van der Waals surface area contributed by atoms with Gasteiger partial charge in [-0.25, -0.2) is 0 Å². The molecule has 3 N–H and O–H groups in total. The number of furan rings is 1. The Kier molecular flexibility index (Phi) is 11.2. The van der Waals surface area contributed by atoms with E-state index in [9.17, 15) is 9.59 Å². The number of allylic oxidation sites excluding steroid dienone is 5. The molecule has 0 radical (unpaired) electrons. The van der Waals surface area contributed by atoms with E-state index in [2.05, 4.69) is 61.7 Å². The maximum Gasteiger partial charge on any atom is 0.232 e. The summed E-state index contributed by atoms with van der Waals surface area (Å²) in [5.74, 6) is 0.368. The van der Waals surface area contributed by atoms with Gasteiger partial charge in [-0.3, -0.25) is 9.59 Å². The number of rotatable bonds is 9. The molecule has 44 heavy (non-hydrogen) atoms. The van der Waals surface area contributed by atoms with E-state index in [1.54, 1.807) is 19.2 Å². The standard InChI is InChI=1S/C35H33NO3.C3H9NO/c1-35(2,3)29-18-15-26(16-19-29)31(21-24-11-13-25(23-37)14-12-24)34(38)36-30-9-6-8-27(17-20-30)33-22-28-7-4-5-10-32(28)39-33;1-4-2-3-5/h4-7,9-20,22-23,31H,8,21H2,1-3H3,(H,36,38);4-5H,2-3H2,1H3. The lowest BCUT2D eigenvalue weighted by Crippen LogP contribution is -2.29. The average molecular weight is 591 g/mol. The third-order valence-corrected chi connectivity index (χ3v) is 7.52. The van der Waals surface area contributed by atoms with Crippen LogP contribution >= 0.6 is 0 Å². The number of carbonyl (C=O) groups is 2. The molecule has 1 unspecified atom stereocenters. The smallest absolute Gasteiger partial charge is 0.232 e. The molecule has 0 spiro atoms. The number of amides is 1. The summed E-state index contributed by atoms with van der Waals surface area (Å²) in [7, 11) is 1.80. The molecule has 1 atom stereocenters. The van der Waals surface area contributed by atoms with Crippen molar-refractivity contribution in [3.63, 3.8) is 0 Å². The van der Waals surface area contributed by atoms with Crippen LogP contribution in [0, 0.1) is 0 Å². The minimum atomic E-state index is -0.391. The molecule has 1 aliphatic carbocycles. The van der Waals surface area contributed by atoms with Gasteiger partial charge in [-0.1, -0.05) is 99.7 Å². The van der Waals surface area contributed by atoms with E-state index in [-0.39, 0.29) is 17.9 Å². The van der Waals surface area contributed by atoms with Crippen molar-refractivity contribution in [1.82, 2.24) is 10.6 Å². The van der Waals surface area contributed by atoms with Crippen molar-refractivity contribution in [3.8, 4) is 0 Å². The van der Waals surface area contributed by atoms with E-state index in [0.29, 0.717) is 24.9 Å². The highest BCUT2D eigenvalue weighted by Gasteiger charge is 2.23. The molecule has 1 aromatic heterocycles. The van der Waals surface area contributed by atoms with E-state index in [1.165, 1.54) is 5.56 Å². The summed E-state index contributed by atoms with van der Waals surface area (Å²) in [6, 6.07) is 25.8. The number of aldehydes is 1. The predicted molar refractivity (Wildman–Crippen MR) is 179 cm³/mol. The van der Waals surface area contributed by atoms with Gasteiger partial charge in [-0.15, -0.1) is 0 Å². The van der Waals surface area contributed by atoms with E-state index >= 15 is 0 Å². The number of benzene rings is 3. The first-order valence-electron chi connectivity index (χ1n) is 15.0. The number of hydrogen-bond acceptors (Lipinski definition) is 5. The van der Waals surface area contributed by atoms with Crippen molar-refractivity contribution >= 4 is 28.7 Å². The lowest BCUT2D eigenvalue weighted by Gasteiger charge is -2.22. The van der Waals surface area contributed by atoms with E-state index < -0.39 is 5.92 Å². The fourth-order valence-corrected chi connectivity index (χ4v) is 4.92. The maximum absolute atomic E-state index is 13.7. The van der Waals surface area contributed by atoms with Crippen molar-refractivity contribution in [2.45, 2.75) is 44.9 Å². The van der Waals surface area contributed by atoms with Gasteiger partial charge >= 0.3 is 0 Å². The first-order valence-corrected chi connectivity index (χ1v) is 15.0. The van der Waals surface area contributed by atoms with Crippen LogP contribution in [0.3, 0.4) is 0 Å². The Balaban J connectivity index is 0.000000818. The second-order valence-electron chi connectivity index (χ2n) is 11.9. The number of para-hydroxylation sites is 1. The number of likely N-dealkylation sites (N-methyl/N-ethyl adjacent to an activating group) is 1. The normalized spacial score (nSPS) is 13.7. The second-order valence-corrected chi connectivity index (χ2v) is 11.9. The number of fused-ring (bicyclic) bond motifs is 1. The van der Waals surface area contributed by atoms with E-state index in [4.69, 9.17) is 9.52 Å². The number of carbonyl (C=O) groups excluding carboxylic acids is 2. The van der Waals surface area contributed by atoms with Gasteiger partial charge in [0.1, 0.15) is 17.6 Å². The molecule has 0 saturated carbocycles. The second kappa shape index (κ2) is 15.3. The molecule has 0 bridgehead atoms. The third kappa shape index (κ3) is 8.75. The molecule has 0 aliphatic heterocycles. The molecule has 1 heterocycles. The SMILES string of the molecule is CC(C)(C)c1ccc(C(Cc2ccc(C=O)cc2)C(=O)NC2=CC=C(c3cc4ccccc4o3)CC=C2)cc1.CNCCO. The molecule has 1 amide bonds. The fourth-order valence-electron chi connectivity index (χ4n) is 4.92. The first-order chi connectivity index (χ1) is 21.2. The van der Waals surface area contributed by atoms with Gasteiger partial charge in [0.05, 0.1) is 12.5 Å². The largest absolute Gasteiger partial charge is 0.456 e. The van der Waals surface area contributed by atoms with Gasteiger partial charge in [0.2, 0.25) is 5.91 Å². The number of nitrogens with one attached hydrogen (secondary N) is 2. The molecule has 228 valence electrons. The van der Waals surface area contributed by atoms with Crippen molar-refractivity contribution in [2.75, 3.05) is 20.2 Å². The van der Waals surface area contributed by atoms with Gasteiger partial charge < -0.3 is 20.2 Å². The zero-order valence-corrected chi connectivity index (χ0v) is 26.0. The Morgan fingerprint density at radius 3 is 2.34 bits per heavy atom. The molecule has 0 saturated heterocycles. The van der Waals surface area contributed by atoms with Gasteiger partial charge in [-0.05, 0) is 71.9 Å². The molecule has 6 nitrogen and oxygen atoms in total.